The van der Waals surface area contributed by atoms with E-state index in [9.17, 15) is 9.90 Å². The van der Waals surface area contributed by atoms with Gasteiger partial charge < -0.3 is 0 Å². The topological polar surface area (TPSA) is 55.8 Å². The Bertz CT molecular complexity index is 204. The second-order valence-corrected chi connectivity index (χ2v) is 4.15. The Morgan fingerprint density at radius 3 is 3.00 bits per heavy atom. The molecule has 0 saturated heterocycles. The quantitative estimate of drug-likeness (QED) is 0.704. The van der Waals surface area contributed by atoms with Crippen molar-refractivity contribution in [1.29, 1.82) is 0 Å². The van der Waals surface area contributed by atoms with E-state index in [-0.39, 0.29) is 10.1 Å². The van der Waals surface area contributed by atoms with E-state index in [0.29, 0.717) is 6.29 Å². The molecule has 0 amide bonds. The van der Waals surface area contributed by atoms with Crippen LogP contribution in [0.3, 0.4) is 0 Å². The predicted octanol–water partition coefficient (Wildman–Crippen LogP) is -0.232. The second-order valence-electron chi connectivity index (χ2n) is 2.34. The normalized spacial score (nSPS) is 35.2. The molecule has 0 saturated carbocycles. The fourth-order valence-corrected chi connectivity index (χ4v) is 1.72. The number of aliphatic hydroxyl groups is 1. The summed E-state index contributed by atoms with van der Waals surface area (Å²) in [4.78, 5) is 10.3. The minimum absolute atomic E-state index is 0.0984. The van der Waals surface area contributed by atoms with Gasteiger partial charge in [-0.1, -0.05) is 0 Å². The van der Waals surface area contributed by atoms with Gasteiger partial charge in [-0.3, -0.25) is 0 Å². The number of methoxy groups -OCH3 is 1. The number of allylic oxidation sites excluding steroid dienone is 1. The van der Waals surface area contributed by atoms with Crippen molar-refractivity contribution >= 4 is 6.29 Å². The zero-order chi connectivity index (χ0) is 9.14. The molecule has 4 nitrogen and oxygen atoms in total. The van der Waals surface area contributed by atoms with Crippen molar-refractivity contribution in [3.8, 4) is 0 Å². The molecule has 5 heteroatoms. The number of hydrogen-bond acceptors (Lipinski definition) is 4. The summed E-state index contributed by atoms with van der Waals surface area (Å²) < 4.78 is 9.93. The summed E-state index contributed by atoms with van der Waals surface area (Å²) in [6, 6.07) is 0. The Morgan fingerprint density at radius 2 is 2.50 bits per heavy atom. The molecule has 0 bridgehead atoms. The predicted molar refractivity (Wildman–Crippen MR) is 35.8 cm³/mol. The fourth-order valence-electron chi connectivity index (χ4n) is 0.905. The number of carbonyl (C=O) groups excluding carboxylic acids is 1. The summed E-state index contributed by atoms with van der Waals surface area (Å²) in [6.07, 6.45) is 0.794. The van der Waals surface area contributed by atoms with Crippen LogP contribution in [0.15, 0.2) is 11.8 Å². The maximum atomic E-state index is 10.3. The SMILES string of the molecule is COC1OC(C=O)=CC(O)[CH]1[Re]. The third-order valence-electron chi connectivity index (χ3n) is 1.52. The first-order valence-electron chi connectivity index (χ1n) is 3.37. The fraction of sp³-hybridized carbons (Fsp3) is 0.571. The summed E-state index contributed by atoms with van der Waals surface area (Å²) in [5.41, 5.74) is 0. The van der Waals surface area contributed by atoms with Gasteiger partial charge in [0.1, 0.15) is 0 Å². The Balaban J connectivity index is 2.75. The van der Waals surface area contributed by atoms with Crippen LogP contribution >= 0.6 is 0 Å². The standard InChI is InChI=1S/C7H9O4.Re/c1-10-7-3-5(9)2-6(4-8)11-7;/h2-5,7,9H,1H3;. The molecule has 1 aliphatic rings. The number of aldehydes is 1. The van der Waals surface area contributed by atoms with Crippen molar-refractivity contribution in [2.75, 3.05) is 7.11 Å². The van der Waals surface area contributed by atoms with Gasteiger partial charge in [-0.2, -0.15) is 0 Å². The molecule has 68 valence electrons. The van der Waals surface area contributed by atoms with Crippen molar-refractivity contribution in [3.63, 3.8) is 0 Å². The van der Waals surface area contributed by atoms with Crippen molar-refractivity contribution in [1.82, 2.24) is 0 Å². The monoisotopic (exact) mass is 344 g/mol. The summed E-state index contributed by atoms with van der Waals surface area (Å²) in [5, 5.41) is 9.40. The van der Waals surface area contributed by atoms with Gasteiger partial charge in [0.2, 0.25) is 0 Å². The molecule has 0 aromatic carbocycles. The third kappa shape index (κ3) is 1.93. The van der Waals surface area contributed by atoms with Crippen molar-refractivity contribution < 1.29 is 38.6 Å². The minimum atomic E-state index is -0.652. The van der Waals surface area contributed by atoms with Crippen molar-refractivity contribution in [2.45, 2.75) is 16.8 Å². The number of carbonyl (C=O) groups is 1. The molecule has 12 heavy (non-hydrogen) atoms. The van der Waals surface area contributed by atoms with E-state index in [1.54, 1.807) is 0 Å². The van der Waals surface area contributed by atoms with Crippen LogP contribution in [0.4, 0.5) is 0 Å². The molecule has 0 aromatic heterocycles. The first kappa shape index (κ1) is 9.88. The van der Waals surface area contributed by atoms with Crippen LogP contribution in [-0.4, -0.2) is 30.9 Å². The molecular weight excluding hydrogens is 334 g/mol. The van der Waals surface area contributed by atoms with E-state index in [4.69, 9.17) is 9.47 Å². The van der Waals surface area contributed by atoms with Crippen molar-refractivity contribution in [3.05, 3.63) is 11.8 Å². The number of rotatable bonds is 2. The molecule has 1 N–H and O–H groups in total. The Hall–Kier alpha value is -0.208. The number of ether oxygens (including phenoxy) is 2. The summed E-state index contributed by atoms with van der Waals surface area (Å²) in [5.74, 6) is 0.141. The second kappa shape index (κ2) is 4.15. The molecule has 0 fully saturated rings. The molecule has 3 unspecified atom stereocenters. The van der Waals surface area contributed by atoms with Gasteiger partial charge in [-0.25, -0.2) is 0 Å². The van der Waals surface area contributed by atoms with Gasteiger partial charge in [0.05, 0.1) is 0 Å². The van der Waals surface area contributed by atoms with E-state index in [0.717, 1.165) is 0 Å². The number of hydrogen-bond donors (Lipinski definition) is 1. The van der Waals surface area contributed by atoms with Crippen LogP contribution in [-0.2, 0) is 33.5 Å². The van der Waals surface area contributed by atoms with E-state index < -0.39 is 12.4 Å². The zero-order valence-corrected chi connectivity index (χ0v) is 9.15. The van der Waals surface area contributed by atoms with Crippen molar-refractivity contribution in [2.24, 2.45) is 0 Å². The van der Waals surface area contributed by atoms with Crippen LogP contribution in [0.1, 0.15) is 0 Å². The van der Waals surface area contributed by atoms with Gasteiger partial charge in [0.25, 0.3) is 0 Å². The average molecular weight is 343 g/mol. The van der Waals surface area contributed by atoms with E-state index in [1.165, 1.54) is 32.4 Å². The molecule has 0 spiro atoms. The molecule has 1 aliphatic heterocycles. The summed E-state index contributed by atoms with van der Waals surface area (Å²) in [6.45, 7) is 0. The van der Waals surface area contributed by atoms with Gasteiger partial charge in [-0.15, -0.1) is 0 Å². The Labute approximate surface area is 80.9 Å². The molecule has 1 rings (SSSR count). The molecule has 0 aromatic rings. The van der Waals surface area contributed by atoms with Gasteiger partial charge >= 0.3 is 80.6 Å². The van der Waals surface area contributed by atoms with Gasteiger partial charge in [-0.05, 0) is 0 Å². The van der Waals surface area contributed by atoms with E-state index in [2.05, 4.69) is 0 Å². The molecule has 1 heterocycles. The van der Waals surface area contributed by atoms with Crippen LogP contribution in [0.25, 0.3) is 0 Å². The van der Waals surface area contributed by atoms with Crippen LogP contribution in [0, 0.1) is 0 Å². The van der Waals surface area contributed by atoms with Crippen LogP contribution < -0.4 is 0 Å². The molecular formula is C7H9O4Re. The van der Waals surface area contributed by atoms with Crippen LogP contribution in [0.5, 0.6) is 0 Å². The summed E-state index contributed by atoms with van der Waals surface area (Å²) >= 11 is 1.38. The van der Waals surface area contributed by atoms with Gasteiger partial charge in [0.15, 0.2) is 0 Å². The first-order chi connectivity index (χ1) is 5.69. The zero-order valence-electron chi connectivity index (χ0n) is 6.44. The molecule has 3 atom stereocenters. The average Bonchev–Trinajstić information content (AvgIpc) is 2.09. The van der Waals surface area contributed by atoms with E-state index in [1.807, 2.05) is 0 Å². The summed E-state index contributed by atoms with van der Waals surface area (Å²) in [7, 11) is 1.48. The maximum absolute atomic E-state index is 10.3. The Morgan fingerprint density at radius 1 is 1.83 bits per heavy atom. The molecule has 0 aliphatic carbocycles. The Kier molecular flexibility index (Phi) is 3.42. The van der Waals surface area contributed by atoms with Gasteiger partial charge in [0, 0.05) is 0 Å². The van der Waals surface area contributed by atoms with E-state index >= 15 is 0 Å². The third-order valence-corrected chi connectivity index (χ3v) is 3.19. The number of aliphatic hydroxyl groups excluding tert-OH is 1. The first-order valence-corrected chi connectivity index (χ1v) is 4.94. The van der Waals surface area contributed by atoms with Crippen LogP contribution in [0.2, 0.25) is 4.39 Å². The molecule has 0 radical (unpaired) electrons.